The van der Waals surface area contributed by atoms with E-state index in [0.717, 1.165) is 55.9 Å². The maximum absolute atomic E-state index is 9.79. The highest BCUT2D eigenvalue weighted by Gasteiger charge is 2.41. The molecular formula is C29H23N5OS. The van der Waals surface area contributed by atoms with E-state index in [2.05, 4.69) is 58.9 Å². The minimum atomic E-state index is -0.456. The van der Waals surface area contributed by atoms with Crippen LogP contribution in [0.5, 0.6) is 0 Å². The Bertz CT molecular complexity index is 1700. The van der Waals surface area contributed by atoms with Gasteiger partial charge in [0.05, 0.1) is 17.5 Å². The summed E-state index contributed by atoms with van der Waals surface area (Å²) >= 11 is 1.65. The molecule has 1 saturated carbocycles. The molecule has 176 valence electrons. The minimum absolute atomic E-state index is 0.314. The Morgan fingerprint density at radius 2 is 1.75 bits per heavy atom. The second-order valence-corrected chi connectivity index (χ2v) is 10.3. The molecule has 3 N–H and O–H groups in total. The zero-order valence-electron chi connectivity index (χ0n) is 19.4. The van der Waals surface area contributed by atoms with Crippen molar-refractivity contribution in [3.63, 3.8) is 0 Å². The molecule has 0 spiro atoms. The van der Waals surface area contributed by atoms with Gasteiger partial charge in [0, 0.05) is 45.3 Å². The van der Waals surface area contributed by atoms with Gasteiger partial charge < -0.3 is 10.8 Å². The van der Waals surface area contributed by atoms with E-state index < -0.39 is 5.54 Å². The standard InChI is InChI=1S/C29H23N5OS/c30-29(14-23(35)15-29)22-8-6-19(7-9-22)27-24(18-4-2-1-3-5-18)12-21-16-31-26-13-25(20-10-11-36-17-20)33-34(26)28(21)32-27/h1-13,16-17,23,35H,14-15,30H2. The topological polar surface area (TPSA) is 89.3 Å². The van der Waals surface area contributed by atoms with Gasteiger partial charge in [-0.1, -0.05) is 54.6 Å². The van der Waals surface area contributed by atoms with Gasteiger partial charge in [-0.2, -0.15) is 21.0 Å². The Morgan fingerprint density at radius 1 is 0.944 bits per heavy atom. The zero-order chi connectivity index (χ0) is 24.3. The van der Waals surface area contributed by atoms with Gasteiger partial charge in [-0.15, -0.1) is 0 Å². The molecule has 7 heteroatoms. The fourth-order valence-corrected chi connectivity index (χ4v) is 5.77. The number of nitrogens with zero attached hydrogens (tertiary/aromatic N) is 4. The van der Waals surface area contributed by atoms with Crippen LogP contribution in [0, 0.1) is 0 Å². The number of aliphatic hydroxyl groups is 1. The quantitative estimate of drug-likeness (QED) is 0.334. The second kappa shape index (κ2) is 8.06. The van der Waals surface area contributed by atoms with Crippen LogP contribution < -0.4 is 5.73 Å². The van der Waals surface area contributed by atoms with Crippen LogP contribution in [0.4, 0.5) is 0 Å². The van der Waals surface area contributed by atoms with E-state index in [1.807, 2.05) is 40.4 Å². The Kier molecular flexibility index (Phi) is 4.79. The summed E-state index contributed by atoms with van der Waals surface area (Å²) in [7, 11) is 0. The number of thiophene rings is 1. The van der Waals surface area contributed by atoms with Crippen LogP contribution in [0.15, 0.2) is 89.8 Å². The minimum Gasteiger partial charge on any atom is -0.393 e. The van der Waals surface area contributed by atoms with E-state index in [1.165, 1.54) is 0 Å². The van der Waals surface area contributed by atoms with Crippen molar-refractivity contribution in [3.8, 4) is 33.6 Å². The van der Waals surface area contributed by atoms with Crippen LogP contribution in [-0.4, -0.2) is 30.8 Å². The Balaban J connectivity index is 1.42. The van der Waals surface area contributed by atoms with Gasteiger partial charge >= 0.3 is 0 Å². The highest BCUT2D eigenvalue weighted by Crippen LogP contribution is 2.40. The lowest BCUT2D eigenvalue weighted by molar-refractivity contribution is 0.0209. The lowest BCUT2D eigenvalue weighted by Gasteiger charge is -2.42. The first-order chi connectivity index (χ1) is 17.6. The average molecular weight is 490 g/mol. The van der Waals surface area contributed by atoms with Crippen LogP contribution in [0.2, 0.25) is 0 Å². The lowest BCUT2D eigenvalue weighted by atomic mass is 9.70. The first-order valence-corrected chi connectivity index (χ1v) is 12.9. The zero-order valence-corrected chi connectivity index (χ0v) is 20.2. The van der Waals surface area contributed by atoms with Crippen molar-refractivity contribution in [3.05, 3.63) is 95.3 Å². The first-order valence-electron chi connectivity index (χ1n) is 11.9. The number of rotatable bonds is 4. The molecule has 1 fully saturated rings. The molecule has 1 aliphatic carbocycles. The van der Waals surface area contributed by atoms with Crippen molar-refractivity contribution in [1.82, 2.24) is 19.6 Å². The van der Waals surface area contributed by atoms with Crippen molar-refractivity contribution in [2.24, 2.45) is 5.73 Å². The number of pyridine rings is 1. The molecule has 36 heavy (non-hydrogen) atoms. The summed E-state index contributed by atoms with van der Waals surface area (Å²) in [6, 6.07) is 24.8. The molecule has 7 rings (SSSR count). The van der Waals surface area contributed by atoms with E-state index in [-0.39, 0.29) is 6.10 Å². The summed E-state index contributed by atoms with van der Waals surface area (Å²) < 4.78 is 1.83. The van der Waals surface area contributed by atoms with Gasteiger partial charge in [0.25, 0.3) is 0 Å². The highest BCUT2D eigenvalue weighted by atomic mass is 32.1. The van der Waals surface area contributed by atoms with Crippen LogP contribution >= 0.6 is 11.3 Å². The van der Waals surface area contributed by atoms with Crippen molar-refractivity contribution in [1.29, 1.82) is 0 Å². The number of fused-ring (bicyclic) bond motifs is 3. The molecule has 0 bridgehead atoms. The van der Waals surface area contributed by atoms with Gasteiger partial charge in [0.15, 0.2) is 11.3 Å². The molecule has 4 aromatic heterocycles. The van der Waals surface area contributed by atoms with E-state index in [0.29, 0.717) is 12.8 Å². The summed E-state index contributed by atoms with van der Waals surface area (Å²) in [4.78, 5) is 9.84. The van der Waals surface area contributed by atoms with Crippen molar-refractivity contribution >= 4 is 28.0 Å². The molecule has 0 aliphatic heterocycles. The van der Waals surface area contributed by atoms with Gasteiger partial charge in [-0.25, -0.2) is 9.97 Å². The fraction of sp³-hybridized carbons (Fsp3) is 0.138. The van der Waals surface area contributed by atoms with Crippen molar-refractivity contribution in [2.75, 3.05) is 0 Å². The SMILES string of the molecule is NC1(c2ccc(-c3nc4c(cnc5cc(-c6ccsc6)nn54)cc3-c3ccccc3)cc2)CC(O)C1. The van der Waals surface area contributed by atoms with Crippen LogP contribution in [0.1, 0.15) is 18.4 Å². The number of hydrogen-bond acceptors (Lipinski definition) is 6. The third-order valence-corrected chi connectivity index (χ3v) is 7.78. The molecule has 0 radical (unpaired) electrons. The molecule has 0 unspecified atom stereocenters. The third kappa shape index (κ3) is 3.44. The molecule has 0 atom stereocenters. The lowest BCUT2D eigenvalue weighted by Crippen LogP contribution is -2.51. The van der Waals surface area contributed by atoms with Crippen molar-refractivity contribution < 1.29 is 5.11 Å². The van der Waals surface area contributed by atoms with Crippen LogP contribution in [0.3, 0.4) is 0 Å². The highest BCUT2D eigenvalue weighted by molar-refractivity contribution is 7.08. The molecular weight excluding hydrogens is 466 g/mol. The van der Waals surface area contributed by atoms with Gasteiger partial charge in [0.2, 0.25) is 0 Å². The van der Waals surface area contributed by atoms with E-state index in [1.54, 1.807) is 11.3 Å². The average Bonchev–Trinajstić information content (AvgIpc) is 3.58. The van der Waals surface area contributed by atoms with Crippen LogP contribution in [0.25, 0.3) is 50.3 Å². The normalized spacial score (nSPS) is 19.6. The van der Waals surface area contributed by atoms with Gasteiger partial charge in [-0.3, -0.25) is 0 Å². The third-order valence-electron chi connectivity index (χ3n) is 7.09. The Hall–Kier alpha value is -3.91. The van der Waals surface area contributed by atoms with E-state index in [9.17, 15) is 5.11 Å². The number of hydrogen-bond donors (Lipinski definition) is 2. The molecule has 4 heterocycles. The first kappa shape index (κ1) is 21.4. The maximum atomic E-state index is 9.79. The van der Waals surface area contributed by atoms with E-state index >= 15 is 0 Å². The summed E-state index contributed by atoms with van der Waals surface area (Å²) in [5, 5.41) is 19.7. The molecule has 6 aromatic rings. The summed E-state index contributed by atoms with van der Waals surface area (Å²) in [5.74, 6) is 0. The summed E-state index contributed by atoms with van der Waals surface area (Å²) in [6.07, 6.45) is 2.74. The largest absolute Gasteiger partial charge is 0.393 e. The molecule has 0 saturated heterocycles. The monoisotopic (exact) mass is 489 g/mol. The molecule has 0 amide bonds. The predicted octanol–water partition coefficient (Wildman–Crippen LogP) is 5.65. The Morgan fingerprint density at radius 3 is 2.47 bits per heavy atom. The number of aliphatic hydroxyl groups excluding tert-OH is 1. The summed E-state index contributed by atoms with van der Waals surface area (Å²) in [6.45, 7) is 0. The van der Waals surface area contributed by atoms with Crippen LogP contribution in [-0.2, 0) is 5.54 Å². The van der Waals surface area contributed by atoms with Gasteiger partial charge in [-0.05, 0) is 41.5 Å². The van der Waals surface area contributed by atoms with E-state index in [4.69, 9.17) is 15.8 Å². The number of nitrogens with two attached hydrogens (primary N) is 1. The maximum Gasteiger partial charge on any atom is 0.165 e. The predicted molar refractivity (Wildman–Crippen MR) is 144 cm³/mol. The fourth-order valence-electron chi connectivity index (χ4n) is 5.12. The Labute approximate surface area is 211 Å². The number of aromatic nitrogens is 4. The van der Waals surface area contributed by atoms with Crippen molar-refractivity contribution in [2.45, 2.75) is 24.5 Å². The second-order valence-electron chi connectivity index (χ2n) is 9.53. The number of benzene rings is 2. The van der Waals surface area contributed by atoms with Gasteiger partial charge in [0.1, 0.15) is 0 Å². The molecule has 1 aliphatic rings. The summed E-state index contributed by atoms with van der Waals surface area (Å²) in [5.41, 5.74) is 14.6. The molecule has 2 aromatic carbocycles. The molecule has 6 nitrogen and oxygen atoms in total. The smallest absolute Gasteiger partial charge is 0.165 e.